The Morgan fingerprint density at radius 3 is 1.95 bits per heavy atom. The molecule has 2 amide bonds. The Balaban J connectivity index is 2.52. The van der Waals surface area contributed by atoms with Gasteiger partial charge in [-0.3, -0.25) is 19.3 Å². The summed E-state index contributed by atoms with van der Waals surface area (Å²) in [5.74, 6) is -1.06. The third-order valence-corrected chi connectivity index (χ3v) is 3.93. The summed E-state index contributed by atoms with van der Waals surface area (Å²) >= 11 is 0. The predicted octanol–water partition coefficient (Wildman–Crippen LogP) is -0.528. The number of carboxylic acid groups (broad SMARTS) is 1. The Morgan fingerprint density at radius 2 is 1.55 bits per heavy atom. The van der Waals surface area contributed by atoms with Crippen LogP contribution in [0.2, 0.25) is 0 Å². The van der Waals surface area contributed by atoms with Crippen LogP contribution in [0, 0.1) is 0 Å². The van der Waals surface area contributed by atoms with E-state index in [1.54, 1.807) is 30.7 Å². The summed E-state index contributed by atoms with van der Waals surface area (Å²) in [5.41, 5.74) is -1.09. The van der Waals surface area contributed by atoms with E-state index in [0.29, 0.717) is 26.2 Å². The molecule has 0 radical (unpaired) electrons. The van der Waals surface area contributed by atoms with Gasteiger partial charge in [0.25, 0.3) is 0 Å². The van der Waals surface area contributed by atoms with E-state index in [0.717, 1.165) is 0 Å². The molecule has 0 aromatic rings. The average Bonchev–Trinajstić information content (AvgIpc) is 2.38. The lowest BCUT2D eigenvalue weighted by molar-refractivity contribution is -0.150. The second-order valence-corrected chi connectivity index (χ2v) is 5.61. The Hall–Kier alpha value is -1.63. The maximum absolute atomic E-state index is 12.1. The Bertz CT molecular complexity index is 400. The zero-order chi connectivity index (χ0) is 15.5. The van der Waals surface area contributed by atoms with Crippen molar-refractivity contribution in [2.45, 2.75) is 26.3 Å². The fourth-order valence-electron chi connectivity index (χ4n) is 1.93. The molecule has 114 valence electrons. The Kier molecular flexibility index (Phi) is 5.10. The van der Waals surface area contributed by atoms with Gasteiger partial charge in [-0.2, -0.15) is 0 Å². The third-order valence-electron chi connectivity index (χ3n) is 3.93. The average molecular weight is 285 g/mol. The van der Waals surface area contributed by atoms with E-state index in [9.17, 15) is 14.4 Å². The lowest BCUT2D eigenvalue weighted by Gasteiger charge is -2.37. The van der Waals surface area contributed by atoms with Crippen molar-refractivity contribution in [3.63, 3.8) is 0 Å². The fourth-order valence-corrected chi connectivity index (χ4v) is 1.93. The highest BCUT2D eigenvalue weighted by atomic mass is 16.4. The van der Waals surface area contributed by atoms with Crippen molar-refractivity contribution in [1.82, 2.24) is 14.7 Å². The smallest absolute Gasteiger partial charge is 0.323 e. The molecule has 0 bridgehead atoms. The summed E-state index contributed by atoms with van der Waals surface area (Å²) in [6.07, 6.45) is 0. The molecule has 1 aliphatic heterocycles. The normalized spacial score (nSPS) is 16.4. The number of aliphatic carboxylic acids is 1. The minimum atomic E-state index is -1.09. The molecule has 0 atom stereocenters. The van der Waals surface area contributed by atoms with E-state index in [4.69, 9.17) is 5.11 Å². The van der Waals surface area contributed by atoms with Crippen LogP contribution in [-0.4, -0.2) is 82.9 Å². The molecule has 20 heavy (non-hydrogen) atoms. The molecule has 0 saturated carbocycles. The number of carbonyl (C=O) groups excluding carboxylic acids is 2. The van der Waals surface area contributed by atoms with E-state index in [1.807, 2.05) is 0 Å². The van der Waals surface area contributed by atoms with Crippen LogP contribution in [0.1, 0.15) is 20.8 Å². The number of nitrogens with zero attached hydrogens (tertiary/aromatic N) is 3. The van der Waals surface area contributed by atoms with E-state index >= 15 is 0 Å². The van der Waals surface area contributed by atoms with Gasteiger partial charge in [0.05, 0.1) is 6.54 Å². The van der Waals surface area contributed by atoms with Crippen molar-refractivity contribution in [3.05, 3.63) is 0 Å². The van der Waals surface area contributed by atoms with E-state index in [-0.39, 0.29) is 18.4 Å². The molecular weight excluding hydrogens is 262 g/mol. The molecule has 0 aromatic carbocycles. The van der Waals surface area contributed by atoms with E-state index in [1.165, 1.54) is 11.8 Å². The Morgan fingerprint density at radius 1 is 1.10 bits per heavy atom. The van der Waals surface area contributed by atoms with Crippen LogP contribution in [0.5, 0.6) is 0 Å². The van der Waals surface area contributed by atoms with Crippen LogP contribution in [0.15, 0.2) is 0 Å². The van der Waals surface area contributed by atoms with Crippen LogP contribution in [0.3, 0.4) is 0 Å². The van der Waals surface area contributed by atoms with E-state index in [2.05, 4.69) is 0 Å². The van der Waals surface area contributed by atoms with Crippen LogP contribution in [-0.2, 0) is 14.4 Å². The number of carbonyl (C=O) groups is 3. The zero-order valence-corrected chi connectivity index (χ0v) is 12.5. The minimum Gasteiger partial charge on any atom is -0.480 e. The van der Waals surface area contributed by atoms with Gasteiger partial charge in [-0.25, -0.2) is 0 Å². The number of hydrogen-bond donors (Lipinski definition) is 1. The second-order valence-electron chi connectivity index (χ2n) is 5.61. The maximum Gasteiger partial charge on any atom is 0.323 e. The molecule has 1 rings (SSSR count). The molecule has 0 aliphatic carbocycles. The number of likely N-dealkylation sites (N-methyl/N-ethyl adjacent to an activating group) is 1. The molecule has 7 heteroatoms. The highest BCUT2D eigenvalue weighted by Crippen LogP contribution is 2.13. The maximum atomic E-state index is 12.1. The standard InChI is InChI=1S/C13H23N3O4/c1-10(17)15-5-7-16(8-6-15)11(18)9-14(4)13(2,3)12(19)20/h5-9H2,1-4H3,(H,19,20). The monoisotopic (exact) mass is 285 g/mol. The van der Waals surface area contributed by atoms with Gasteiger partial charge < -0.3 is 14.9 Å². The van der Waals surface area contributed by atoms with Crippen LogP contribution < -0.4 is 0 Å². The molecule has 0 spiro atoms. The number of amides is 2. The highest BCUT2D eigenvalue weighted by molar-refractivity contribution is 5.82. The first kappa shape index (κ1) is 16.4. The van der Waals surface area contributed by atoms with Crippen LogP contribution in [0.25, 0.3) is 0 Å². The van der Waals surface area contributed by atoms with Crippen LogP contribution >= 0.6 is 0 Å². The fraction of sp³-hybridized carbons (Fsp3) is 0.769. The Labute approximate surface area is 119 Å². The van der Waals surface area contributed by atoms with Gasteiger partial charge in [0, 0.05) is 33.1 Å². The topological polar surface area (TPSA) is 81.2 Å². The van der Waals surface area contributed by atoms with Crippen molar-refractivity contribution >= 4 is 17.8 Å². The molecule has 7 nitrogen and oxygen atoms in total. The van der Waals surface area contributed by atoms with Gasteiger partial charge in [0.1, 0.15) is 5.54 Å². The molecule has 1 N–H and O–H groups in total. The molecule has 1 aliphatic rings. The van der Waals surface area contributed by atoms with Crippen molar-refractivity contribution < 1.29 is 19.5 Å². The van der Waals surface area contributed by atoms with Gasteiger partial charge in [-0.05, 0) is 20.9 Å². The molecule has 1 fully saturated rings. The first-order valence-corrected chi connectivity index (χ1v) is 6.64. The number of hydrogen-bond acceptors (Lipinski definition) is 4. The summed E-state index contributed by atoms with van der Waals surface area (Å²) in [4.78, 5) is 39.4. The second kappa shape index (κ2) is 6.21. The number of piperazine rings is 1. The lowest BCUT2D eigenvalue weighted by Crippen LogP contribution is -2.55. The van der Waals surface area contributed by atoms with Crippen molar-refractivity contribution in [2.24, 2.45) is 0 Å². The van der Waals surface area contributed by atoms with Crippen molar-refractivity contribution in [1.29, 1.82) is 0 Å². The molecule has 0 aromatic heterocycles. The third kappa shape index (κ3) is 3.69. The van der Waals surface area contributed by atoms with Gasteiger partial charge in [-0.15, -0.1) is 0 Å². The SMILES string of the molecule is CC(=O)N1CCN(C(=O)CN(C)C(C)(C)C(=O)O)CC1. The summed E-state index contributed by atoms with van der Waals surface area (Å²) < 4.78 is 0. The van der Waals surface area contributed by atoms with Gasteiger partial charge in [-0.1, -0.05) is 0 Å². The van der Waals surface area contributed by atoms with Crippen molar-refractivity contribution in [3.8, 4) is 0 Å². The van der Waals surface area contributed by atoms with Gasteiger partial charge in [0.15, 0.2) is 0 Å². The zero-order valence-electron chi connectivity index (χ0n) is 12.5. The highest BCUT2D eigenvalue weighted by Gasteiger charge is 2.34. The largest absolute Gasteiger partial charge is 0.480 e. The van der Waals surface area contributed by atoms with Crippen molar-refractivity contribution in [2.75, 3.05) is 39.8 Å². The quantitative estimate of drug-likeness (QED) is 0.751. The number of rotatable bonds is 4. The summed E-state index contributed by atoms with van der Waals surface area (Å²) in [5, 5.41) is 9.12. The van der Waals surface area contributed by atoms with Gasteiger partial charge >= 0.3 is 5.97 Å². The van der Waals surface area contributed by atoms with Crippen LogP contribution in [0.4, 0.5) is 0 Å². The first-order valence-electron chi connectivity index (χ1n) is 6.64. The van der Waals surface area contributed by atoms with E-state index < -0.39 is 11.5 Å². The summed E-state index contributed by atoms with van der Waals surface area (Å²) in [6.45, 7) is 6.77. The number of carboxylic acids is 1. The summed E-state index contributed by atoms with van der Waals surface area (Å²) in [6, 6.07) is 0. The predicted molar refractivity (Wildman–Crippen MR) is 73.2 cm³/mol. The molecule has 1 heterocycles. The minimum absolute atomic E-state index is 0.0150. The molecule has 1 saturated heterocycles. The lowest BCUT2D eigenvalue weighted by atomic mass is 10.0. The van der Waals surface area contributed by atoms with Gasteiger partial charge in [0.2, 0.25) is 11.8 Å². The molecular formula is C13H23N3O4. The summed E-state index contributed by atoms with van der Waals surface area (Å²) in [7, 11) is 1.62. The molecule has 0 unspecified atom stereocenters. The first-order chi connectivity index (χ1) is 9.16.